The Morgan fingerprint density at radius 2 is 1.98 bits per heavy atom. The van der Waals surface area contributed by atoms with Crippen molar-refractivity contribution in [3.63, 3.8) is 0 Å². The number of benzene rings is 2. The van der Waals surface area contributed by atoms with E-state index >= 15 is 0 Å². The average molecular weight is 592 g/mol. The van der Waals surface area contributed by atoms with Crippen LogP contribution >= 0.6 is 0 Å². The summed E-state index contributed by atoms with van der Waals surface area (Å²) in [6.45, 7) is 3.02. The van der Waals surface area contributed by atoms with Gasteiger partial charge >= 0.3 is 0 Å². The summed E-state index contributed by atoms with van der Waals surface area (Å²) in [4.78, 5) is 53.1. The second kappa shape index (κ2) is 12.6. The molecule has 5 rings (SSSR count). The average Bonchev–Trinajstić information content (AvgIpc) is 3.75. The Kier molecular flexibility index (Phi) is 8.90. The third-order valence-electron chi connectivity index (χ3n) is 8.69. The van der Waals surface area contributed by atoms with Gasteiger partial charge in [-0.3, -0.25) is 24.5 Å². The molecular formula is C31H37N5O7. The molecule has 0 bridgehead atoms. The summed E-state index contributed by atoms with van der Waals surface area (Å²) in [5, 5.41) is 39.0. The standard InChI is InChI=1S/C31H37N5O7/c1-20(5-2-8-28(38)34-16-4-6-24(34)19-37)31(41)25-17-23(36(42)43)13-14-27(25)35(30(31)40)18-21-9-11-22(12-10-21)33-29(39)26-7-3-15-32-26/h2,5,9-14,17,20,24,26,32,37,41H,3-4,6-8,15-16,18-19H2,1H3,(H,33,39)/b5-2+/t20-,24+,26-,31+/m1/s1. The lowest BCUT2D eigenvalue weighted by Crippen LogP contribution is -2.44. The van der Waals surface area contributed by atoms with Crippen molar-refractivity contribution in [2.24, 2.45) is 5.92 Å². The second-order valence-electron chi connectivity index (χ2n) is 11.4. The molecule has 0 radical (unpaired) electrons. The Morgan fingerprint density at radius 3 is 2.65 bits per heavy atom. The Bertz CT molecular complexity index is 1420. The molecule has 2 aromatic carbocycles. The molecule has 2 aromatic rings. The number of nitrogens with one attached hydrogen (secondary N) is 2. The summed E-state index contributed by atoms with van der Waals surface area (Å²) in [5.41, 5.74) is -0.499. The van der Waals surface area contributed by atoms with Crippen LogP contribution in [0.1, 0.15) is 50.2 Å². The predicted molar refractivity (Wildman–Crippen MR) is 159 cm³/mol. The summed E-state index contributed by atoms with van der Waals surface area (Å²) < 4.78 is 0. The Morgan fingerprint density at radius 1 is 1.21 bits per heavy atom. The molecule has 2 saturated heterocycles. The molecule has 3 aliphatic heterocycles. The van der Waals surface area contributed by atoms with E-state index in [1.807, 2.05) is 0 Å². The van der Waals surface area contributed by atoms with Gasteiger partial charge in [-0.1, -0.05) is 31.2 Å². The molecule has 2 fully saturated rings. The highest BCUT2D eigenvalue weighted by Gasteiger charge is 2.53. The van der Waals surface area contributed by atoms with Gasteiger partial charge in [0.1, 0.15) is 0 Å². The van der Waals surface area contributed by atoms with Gasteiger partial charge in [0.05, 0.1) is 35.8 Å². The molecule has 43 heavy (non-hydrogen) atoms. The van der Waals surface area contributed by atoms with E-state index in [1.54, 1.807) is 48.2 Å². The van der Waals surface area contributed by atoms with Crippen LogP contribution in [-0.4, -0.2) is 69.5 Å². The number of carbonyl (C=O) groups is 3. The van der Waals surface area contributed by atoms with Crippen molar-refractivity contribution in [2.45, 2.75) is 63.3 Å². The summed E-state index contributed by atoms with van der Waals surface area (Å²) in [5.74, 6) is -1.69. The maximum absolute atomic E-state index is 13.9. The first-order chi connectivity index (χ1) is 20.6. The third-order valence-corrected chi connectivity index (χ3v) is 8.69. The van der Waals surface area contributed by atoms with Crippen molar-refractivity contribution < 1.29 is 29.5 Å². The fourth-order valence-electron chi connectivity index (χ4n) is 6.20. The monoisotopic (exact) mass is 591 g/mol. The van der Waals surface area contributed by atoms with Gasteiger partial charge < -0.3 is 30.6 Å². The molecule has 3 heterocycles. The Hall–Kier alpha value is -4.13. The first-order valence-electron chi connectivity index (χ1n) is 14.7. The number of nitro groups is 1. The van der Waals surface area contributed by atoms with Gasteiger partial charge in [0.25, 0.3) is 11.6 Å². The van der Waals surface area contributed by atoms with Gasteiger partial charge in [-0.2, -0.15) is 0 Å². The maximum Gasteiger partial charge on any atom is 0.269 e. The molecule has 12 heteroatoms. The zero-order valence-electron chi connectivity index (χ0n) is 24.1. The summed E-state index contributed by atoms with van der Waals surface area (Å²) in [6.07, 6.45) is 6.53. The predicted octanol–water partition coefficient (Wildman–Crippen LogP) is 2.59. The number of nitro benzene ring substituents is 1. The lowest BCUT2D eigenvalue weighted by Gasteiger charge is -2.28. The van der Waals surface area contributed by atoms with Crippen LogP contribution in [0.2, 0.25) is 0 Å². The van der Waals surface area contributed by atoms with Crippen LogP contribution in [0.4, 0.5) is 17.1 Å². The molecule has 3 aliphatic rings. The molecule has 4 atom stereocenters. The van der Waals surface area contributed by atoms with E-state index in [9.17, 15) is 34.7 Å². The second-order valence-corrected chi connectivity index (χ2v) is 11.4. The SMILES string of the molecule is C[C@H](/C=C/CC(=O)N1CCC[C@H]1CO)[C@@]1(O)C(=O)N(Cc2ccc(NC(=O)[C@H]3CCCN3)cc2)c2ccc([N+](=O)[O-])cc21. The zero-order valence-corrected chi connectivity index (χ0v) is 24.1. The first-order valence-corrected chi connectivity index (χ1v) is 14.7. The number of hydrogen-bond donors (Lipinski definition) is 4. The molecule has 0 aliphatic carbocycles. The first kappa shape index (κ1) is 30.3. The van der Waals surface area contributed by atoms with Crippen molar-refractivity contribution in [1.29, 1.82) is 0 Å². The van der Waals surface area contributed by atoms with Gasteiger partial charge in [0.2, 0.25) is 11.8 Å². The number of aliphatic hydroxyl groups is 2. The number of fused-ring (bicyclic) bond motifs is 1. The summed E-state index contributed by atoms with van der Waals surface area (Å²) >= 11 is 0. The van der Waals surface area contributed by atoms with Gasteiger partial charge in [0.15, 0.2) is 5.60 Å². The van der Waals surface area contributed by atoms with E-state index in [2.05, 4.69) is 10.6 Å². The smallest absolute Gasteiger partial charge is 0.269 e. The Balaban J connectivity index is 1.34. The molecule has 12 nitrogen and oxygen atoms in total. The topological polar surface area (TPSA) is 165 Å². The molecule has 3 amide bonds. The minimum Gasteiger partial charge on any atom is -0.394 e. The normalized spacial score (nSPS) is 24.0. The number of aliphatic hydroxyl groups excluding tert-OH is 1. The minimum absolute atomic E-state index is 0.0380. The largest absolute Gasteiger partial charge is 0.394 e. The molecule has 0 aromatic heterocycles. The highest BCUT2D eigenvalue weighted by atomic mass is 16.6. The number of non-ortho nitro benzene ring substituents is 1. The Labute approximate surface area is 249 Å². The van der Waals surface area contributed by atoms with Gasteiger partial charge in [-0.05, 0) is 56.0 Å². The quantitative estimate of drug-likeness (QED) is 0.186. The number of carbonyl (C=O) groups excluding carboxylic acids is 3. The number of amides is 3. The van der Waals surface area contributed by atoms with E-state index < -0.39 is 22.3 Å². The summed E-state index contributed by atoms with van der Waals surface area (Å²) in [7, 11) is 0. The highest BCUT2D eigenvalue weighted by Crippen LogP contribution is 2.47. The van der Waals surface area contributed by atoms with Crippen LogP contribution in [0.25, 0.3) is 0 Å². The van der Waals surface area contributed by atoms with Crippen molar-refractivity contribution in [2.75, 3.05) is 29.9 Å². The number of likely N-dealkylation sites (tertiary alicyclic amines) is 1. The van der Waals surface area contributed by atoms with Crippen molar-refractivity contribution in [3.05, 3.63) is 75.9 Å². The van der Waals surface area contributed by atoms with Gasteiger partial charge in [0, 0.05) is 42.3 Å². The number of anilines is 2. The zero-order chi connectivity index (χ0) is 30.7. The van der Waals surface area contributed by atoms with E-state index in [1.165, 1.54) is 23.1 Å². The molecule has 0 spiro atoms. The van der Waals surface area contributed by atoms with Crippen molar-refractivity contribution in [3.8, 4) is 0 Å². The van der Waals surface area contributed by atoms with Crippen molar-refractivity contribution in [1.82, 2.24) is 10.2 Å². The number of hydrogen-bond acceptors (Lipinski definition) is 8. The minimum atomic E-state index is -2.09. The number of nitrogens with zero attached hydrogens (tertiary/aromatic N) is 3. The number of rotatable bonds is 10. The lowest BCUT2D eigenvalue weighted by molar-refractivity contribution is -0.385. The summed E-state index contributed by atoms with van der Waals surface area (Å²) in [6, 6.07) is 10.6. The highest BCUT2D eigenvalue weighted by molar-refractivity contribution is 6.07. The van der Waals surface area contributed by atoms with Crippen LogP contribution in [0.3, 0.4) is 0 Å². The van der Waals surface area contributed by atoms with Crippen LogP contribution < -0.4 is 15.5 Å². The molecule has 0 saturated carbocycles. The van der Waals surface area contributed by atoms with E-state index in [0.717, 1.165) is 37.8 Å². The lowest BCUT2D eigenvalue weighted by atomic mass is 9.82. The molecular weight excluding hydrogens is 554 g/mol. The fraction of sp³-hybridized carbons (Fsp3) is 0.452. The maximum atomic E-state index is 13.9. The molecule has 0 unspecified atom stereocenters. The van der Waals surface area contributed by atoms with Crippen LogP contribution in [0.15, 0.2) is 54.6 Å². The molecule has 4 N–H and O–H groups in total. The van der Waals surface area contributed by atoms with E-state index in [0.29, 0.717) is 17.9 Å². The van der Waals surface area contributed by atoms with Gasteiger partial charge in [-0.15, -0.1) is 0 Å². The fourth-order valence-corrected chi connectivity index (χ4v) is 6.20. The van der Waals surface area contributed by atoms with Crippen LogP contribution in [-0.2, 0) is 26.5 Å². The van der Waals surface area contributed by atoms with E-state index in [-0.39, 0.29) is 54.7 Å². The van der Waals surface area contributed by atoms with Crippen molar-refractivity contribution >= 4 is 34.8 Å². The van der Waals surface area contributed by atoms with Crippen LogP contribution in [0.5, 0.6) is 0 Å². The van der Waals surface area contributed by atoms with Crippen LogP contribution in [0, 0.1) is 16.0 Å². The third kappa shape index (κ3) is 6.03. The van der Waals surface area contributed by atoms with Gasteiger partial charge in [-0.25, -0.2) is 0 Å². The molecule has 228 valence electrons. The van der Waals surface area contributed by atoms with E-state index in [4.69, 9.17) is 0 Å².